The van der Waals surface area contributed by atoms with Gasteiger partial charge in [-0.05, 0) is 17.7 Å². The lowest BCUT2D eigenvalue weighted by Gasteiger charge is -2.08. The minimum atomic E-state index is 0.319. The van der Waals surface area contributed by atoms with E-state index in [0.717, 1.165) is 10.0 Å². The molecule has 0 radical (unpaired) electrons. The molecule has 0 bridgehead atoms. The van der Waals surface area contributed by atoms with Crippen LogP contribution in [-0.4, -0.2) is 9.97 Å². The first-order valence-corrected chi connectivity index (χ1v) is 6.36. The maximum atomic E-state index is 5.92. The number of nitrogens with zero attached hydrogens (tertiary/aromatic N) is 2. The second-order valence-corrected chi connectivity index (χ2v) is 4.95. The number of nitrogens with one attached hydrogen (secondary N) is 1. The van der Waals surface area contributed by atoms with Gasteiger partial charge in [-0.2, -0.15) is 0 Å². The Morgan fingerprint density at radius 1 is 1.18 bits per heavy atom. The molecule has 0 saturated carbocycles. The van der Waals surface area contributed by atoms with Gasteiger partial charge in [-0.3, -0.25) is 0 Å². The molecule has 0 fully saturated rings. The van der Waals surface area contributed by atoms with Gasteiger partial charge in [-0.1, -0.05) is 51.3 Å². The van der Waals surface area contributed by atoms with E-state index in [-0.39, 0.29) is 0 Å². The molecule has 2 rings (SSSR count). The Morgan fingerprint density at radius 2 is 1.88 bits per heavy atom. The van der Waals surface area contributed by atoms with E-state index >= 15 is 0 Å². The maximum Gasteiger partial charge on any atom is 0.157 e. The first-order valence-electron chi connectivity index (χ1n) is 4.81. The molecule has 3 nitrogen and oxygen atoms in total. The molecule has 1 N–H and O–H groups in total. The van der Waals surface area contributed by atoms with E-state index in [1.807, 2.05) is 24.3 Å². The molecule has 0 amide bonds. The van der Waals surface area contributed by atoms with Crippen molar-refractivity contribution in [3.05, 3.63) is 50.9 Å². The topological polar surface area (TPSA) is 37.8 Å². The molecule has 1 heterocycles. The molecule has 0 saturated heterocycles. The lowest BCUT2D eigenvalue weighted by atomic mass is 10.2. The second kappa shape index (κ2) is 5.67. The first kappa shape index (κ1) is 12.6. The fourth-order valence-corrected chi connectivity index (χ4v) is 2.22. The third-order valence-electron chi connectivity index (χ3n) is 2.11. The van der Waals surface area contributed by atoms with Crippen LogP contribution < -0.4 is 5.32 Å². The van der Waals surface area contributed by atoms with Gasteiger partial charge in [-0.25, -0.2) is 9.97 Å². The number of aromatic nitrogens is 2. The van der Waals surface area contributed by atoms with Gasteiger partial charge in [0.15, 0.2) is 10.3 Å². The van der Waals surface area contributed by atoms with Crippen LogP contribution >= 0.6 is 39.1 Å². The zero-order chi connectivity index (χ0) is 12.3. The number of hydrogen-bond donors (Lipinski definition) is 1. The van der Waals surface area contributed by atoms with E-state index in [9.17, 15) is 0 Å². The van der Waals surface area contributed by atoms with Crippen LogP contribution in [0.25, 0.3) is 0 Å². The predicted molar refractivity (Wildman–Crippen MR) is 73.5 cm³/mol. The standard InChI is InChI=1S/C11H8BrCl2N3/c12-8-3-1-2-7(4-8)5-15-9-10(13)16-6-17-11(9)14/h1-4,6,15H,5H2. The monoisotopic (exact) mass is 331 g/mol. The van der Waals surface area contributed by atoms with Gasteiger partial charge in [-0.15, -0.1) is 0 Å². The van der Waals surface area contributed by atoms with Crippen molar-refractivity contribution in [3.63, 3.8) is 0 Å². The van der Waals surface area contributed by atoms with Gasteiger partial charge < -0.3 is 5.32 Å². The third kappa shape index (κ3) is 3.31. The summed E-state index contributed by atoms with van der Waals surface area (Å²) in [5.41, 5.74) is 1.66. The Kier molecular flexibility index (Phi) is 4.20. The summed E-state index contributed by atoms with van der Waals surface area (Å²) < 4.78 is 1.03. The maximum absolute atomic E-state index is 5.92. The van der Waals surface area contributed by atoms with Gasteiger partial charge in [0.25, 0.3) is 0 Å². The number of anilines is 1. The summed E-state index contributed by atoms with van der Waals surface area (Å²) >= 11 is 15.3. The summed E-state index contributed by atoms with van der Waals surface area (Å²) in [5.74, 6) is 0. The van der Waals surface area contributed by atoms with Crippen molar-refractivity contribution in [2.75, 3.05) is 5.32 Å². The second-order valence-electron chi connectivity index (χ2n) is 3.31. The van der Waals surface area contributed by atoms with Crippen LogP contribution in [-0.2, 0) is 6.54 Å². The van der Waals surface area contributed by atoms with E-state index in [2.05, 4.69) is 31.2 Å². The largest absolute Gasteiger partial charge is 0.376 e. The number of rotatable bonds is 3. The average molecular weight is 333 g/mol. The first-order chi connectivity index (χ1) is 8.16. The van der Waals surface area contributed by atoms with Gasteiger partial charge in [0, 0.05) is 11.0 Å². The summed E-state index contributed by atoms with van der Waals surface area (Å²) in [4.78, 5) is 7.74. The summed E-state index contributed by atoms with van der Waals surface area (Å²) in [6.07, 6.45) is 1.33. The fraction of sp³-hybridized carbons (Fsp3) is 0.0909. The SMILES string of the molecule is Clc1ncnc(Cl)c1NCc1cccc(Br)c1. The van der Waals surface area contributed by atoms with E-state index in [1.54, 1.807) is 0 Å². The zero-order valence-electron chi connectivity index (χ0n) is 8.62. The van der Waals surface area contributed by atoms with Crippen LogP contribution in [0.5, 0.6) is 0 Å². The highest BCUT2D eigenvalue weighted by atomic mass is 79.9. The van der Waals surface area contributed by atoms with Crippen LogP contribution in [0.1, 0.15) is 5.56 Å². The van der Waals surface area contributed by atoms with E-state index in [1.165, 1.54) is 6.33 Å². The predicted octanol–water partition coefficient (Wildman–Crippen LogP) is 4.16. The molecule has 17 heavy (non-hydrogen) atoms. The summed E-state index contributed by atoms with van der Waals surface area (Å²) in [7, 11) is 0. The third-order valence-corrected chi connectivity index (χ3v) is 3.18. The van der Waals surface area contributed by atoms with Crippen LogP contribution in [0.15, 0.2) is 35.1 Å². The highest BCUT2D eigenvalue weighted by Gasteiger charge is 2.07. The molecule has 6 heteroatoms. The van der Waals surface area contributed by atoms with Crippen molar-refractivity contribution in [1.29, 1.82) is 0 Å². The molecular weight excluding hydrogens is 325 g/mol. The van der Waals surface area contributed by atoms with Crippen LogP contribution in [0.4, 0.5) is 5.69 Å². The van der Waals surface area contributed by atoms with Crippen molar-refractivity contribution in [2.45, 2.75) is 6.54 Å². The summed E-state index contributed by atoms with van der Waals surface area (Å²) in [6.45, 7) is 0.603. The van der Waals surface area contributed by atoms with Gasteiger partial charge in [0.2, 0.25) is 0 Å². The highest BCUT2D eigenvalue weighted by Crippen LogP contribution is 2.26. The van der Waals surface area contributed by atoms with Gasteiger partial charge in [0.1, 0.15) is 12.0 Å². The molecule has 0 unspecified atom stereocenters. The van der Waals surface area contributed by atoms with Crippen molar-refractivity contribution in [3.8, 4) is 0 Å². The number of halogens is 3. The molecule has 0 aliphatic rings. The fourth-order valence-electron chi connectivity index (χ4n) is 1.33. The molecule has 88 valence electrons. The van der Waals surface area contributed by atoms with Crippen molar-refractivity contribution < 1.29 is 0 Å². The molecule has 1 aromatic heterocycles. The number of benzene rings is 1. The van der Waals surface area contributed by atoms with Crippen molar-refractivity contribution in [2.24, 2.45) is 0 Å². The van der Waals surface area contributed by atoms with Gasteiger partial charge in [0.05, 0.1) is 0 Å². The molecule has 0 atom stereocenters. The normalized spacial score (nSPS) is 10.3. The zero-order valence-corrected chi connectivity index (χ0v) is 11.7. The molecule has 2 aromatic rings. The summed E-state index contributed by atoms with van der Waals surface area (Å²) in [6, 6.07) is 7.95. The van der Waals surface area contributed by atoms with Crippen molar-refractivity contribution in [1.82, 2.24) is 9.97 Å². The Balaban J connectivity index is 2.13. The molecular formula is C11H8BrCl2N3. The Bertz CT molecular complexity index is 514. The lowest BCUT2D eigenvalue weighted by Crippen LogP contribution is -2.02. The van der Waals surface area contributed by atoms with Crippen molar-refractivity contribution >= 4 is 44.8 Å². The molecule has 1 aromatic carbocycles. The van der Waals surface area contributed by atoms with Gasteiger partial charge >= 0.3 is 0 Å². The number of hydrogen-bond acceptors (Lipinski definition) is 3. The minimum absolute atomic E-state index is 0.319. The van der Waals surface area contributed by atoms with E-state index in [4.69, 9.17) is 23.2 Å². The molecule has 0 spiro atoms. The highest BCUT2D eigenvalue weighted by molar-refractivity contribution is 9.10. The van der Waals surface area contributed by atoms with Crippen LogP contribution in [0.3, 0.4) is 0 Å². The quantitative estimate of drug-likeness (QED) is 0.858. The Morgan fingerprint density at radius 3 is 2.53 bits per heavy atom. The average Bonchev–Trinajstić information content (AvgIpc) is 2.28. The smallest absolute Gasteiger partial charge is 0.157 e. The molecule has 0 aliphatic heterocycles. The Hall–Kier alpha value is -0.840. The minimum Gasteiger partial charge on any atom is -0.376 e. The lowest BCUT2D eigenvalue weighted by molar-refractivity contribution is 1.10. The summed E-state index contributed by atoms with van der Waals surface area (Å²) in [5, 5.41) is 3.75. The van der Waals surface area contributed by atoms with Crippen LogP contribution in [0, 0.1) is 0 Å². The van der Waals surface area contributed by atoms with E-state index < -0.39 is 0 Å². The van der Waals surface area contributed by atoms with E-state index in [0.29, 0.717) is 22.5 Å². The Labute approximate surface area is 117 Å². The molecule has 0 aliphatic carbocycles. The van der Waals surface area contributed by atoms with Crippen LogP contribution in [0.2, 0.25) is 10.3 Å².